The number of amides is 1. The van der Waals surface area contributed by atoms with E-state index in [0.717, 1.165) is 16.3 Å². The van der Waals surface area contributed by atoms with E-state index in [1.54, 1.807) is 6.92 Å². The highest BCUT2D eigenvalue weighted by Gasteiger charge is 2.48. The van der Waals surface area contributed by atoms with E-state index < -0.39 is 40.8 Å². The largest absolute Gasteiger partial charge is 0.443 e. The lowest BCUT2D eigenvalue weighted by atomic mass is 9.97. The van der Waals surface area contributed by atoms with Crippen molar-refractivity contribution in [1.29, 1.82) is 0 Å². The van der Waals surface area contributed by atoms with Gasteiger partial charge in [0.15, 0.2) is 6.73 Å². The van der Waals surface area contributed by atoms with Gasteiger partial charge in [0, 0.05) is 7.05 Å². The summed E-state index contributed by atoms with van der Waals surface area (Å²) in [6, 6.07) is 6.98. The van der Waals surface area contributed by atoms with Crippen LogP contribution in [0.5, 0.6) is 0 Å². The van der Waals surface area contributed by atoms with E-state index in [2.05, 4.69) is 13.8 Å². The number of likely N-dealkylation sites (N-methyl/N-ethyl adjacent to an activating group) is 1. The first-order valence-corrected chi connectivity index (χ1v) is 11.4. The highest BCUT2D eigenvalue weighted by Crippen LogP contribution is 2.27. The number of nitrogens with zero attached hydrogens (tertiary/aromatic N) is 2. The van der Waals surface area contributed by atoms with Crippen LogP contribution in [0.1, 0.15) is 58.1 Å². The minimum absolute atomic E-state index is 0.155. The molecule has 0 radical (unpaired) electrons. The van der Waals surface area contributed by atoms with Crippen molar-refractivity contribution in [1.82, 2.24) is 8.61 Å². The highest BCUT2D eigenvalue weighted by atomic mass is 32.2. The average molecular weight is 425 g/mol. The van der Waals surface area contributed by atoms with Crippen LogP contribution in [-0.4, -0.2) is 48.7 Å². The van der Waals surface area contributed by atoms with Crippen molar-refractivity contribution in [3.05, 3.63) is 35.4 Å². The van der Waals surface area contributed by atoms with Gasteiger partial charge in [0.2, 0.25) is 0 Å². The van der Waals surface area contributed by atoms with Gasteiger partial charge in [-0.3, -0.25) is 9.59 Å². The molecule has 1 aromatic carbocycles. The van der Waals surface area contributed by atoms with Crippen LogP contribution in [0.15, 0.2) is 24.3 Å². The van der Waals surface area contributed by atoms with Gasteiger partial charge >= 0.3 is 16.2 Å². The molecular weight excluding hydrogens is 392 g/mol. The van der Waals surface area contributed by atoms with Crippen molar-refractivity contribution >= 4 is 22.1 Å². The molecule has 7 nitrogen and oxygen atoms in total. The maximum absolute atomic E-state index is 12.6. The molecule has 0 spiro atoms. The summed E-state index contributed by atoms with van der Waals surface area (Å²) in [5.41, 5.74) is 1.98. The van der Waals surface area contributed by atoms with Crippen LogP contribution in [0.2, 0.25) is 0 Å². The monoisotopic (exact) mass is 424 g/mol. The summed E-state index contributed by atoms with van der Waals surface area (Å²) in [5, 5.41) is 0. The zero-order valence-corrected chi connectivity index (χ0v) is 18.9. The molecule has 1 aliphatic rings. The van der Waals surface area contributed by atoms with E-state index in [-0.39, 0.29) is 5.92 Å². The SMILES string of the molecule is CC(C)Cc1ccc(C(C)C(=O)OCN2C(=O)[C@H](CC(C)C)N(C)S2(=O)=O)cc1. The molecule has 2 atom stereocenters. The Kier molecular flexibility index (Phi) is 7.45. The second-order valence-electron chi connectivity index (χ2n) is 8.51. The zero-order chi connectivity index (χ0) is 21.9. The number of hydrogen-bond acceptors (Lipinski definition) is 5. The number of esters is 1. The molecule has 1 saturated heterocycles. The Morgan fingerprint density at radius 2 is 1.66 bits per heavy atom. The van der Waals surface area contributed by atoms with Crippen molar-refractivity contribution in [2.75, 3.05) is 13.8 Å². The van der Waals surface area contributed by atoms with Crippen molar-refractivity contribution in [2.24, 2.45) is 11.8 Å². The third-order valence-electron chi connectivity index (χ3n) is 5.11. The number of hydrogen-bond donors (Lipinski definition) is 0. The summed E-state index contributed by atoms with van der Waals surface area (Å²) >= 11 is 0. The van der Waals surface area contributed by atoms with Crippen LogP contribution in [-0.2, 0) is 31.0 Å². The van der Waals surface area contributed by atoms with Crippen LogP contribution >= 0.6 is 0 Å². The summed E-state index contributed by atoms with van der Waals surface area (Å²) < 4.78 is 31.9. The van der Waals surface area contributed by atoms with Crippen LogP contribution < -0.4 is 0 Å². The molecule has 1 amide bonds. The smallest absolute Gasteiger partial charge is 0.314 e. The number of carbonyl (C=O) groups is 2. The first-order chi connectivity index (χ1) is 13.4. The normalized spacial score (nSPS) is 20.5. The van der Waals surface area contributed by atoms with Gasteiger partial charge in [0.25, 0.3) is 5.91 Å². The molecule has 0 aromatic heterocycles. The lowest BCUT2D eigenvalue weighted by Gasteiger charge is -2.18. The molecule has 0 saturated carbocycles. The predicted molar refractivity (Wildman–Crippen MR) is 111 cm³/mol. The Labute approximate surface area is 174 Å². The number of carbonyl (C=O) groups excluding carboxylic acids is 2. The summed E-state index contributed by atoms with van der Waals surface area (Å²) in [5.74, 6) is -0.990. The molecule has 8 heteroatoms. The molecule has 0 bridgehead atoms. The second-order valence-corrected chi connectivity index (χ2v) is 10.4. The Hall–Kier alpha value is -1.93. The predicted octanol–water partition coefficient (Wildman–Crippen LogP) is 2.92. The summed E-state index contributed by atoms with van der Waals surface area (Å²) in [6.45, 7) is 9.23. The Balaban J connectivity index is 2.03. The van der Waals surface area contributed by atoms with E-state index >= 15 is 0 Å². The fourth-order valence-corrected chi connectivity index (χ4v) is 4.72. The Bertz CT molecular complexity index is 833. The summed E-state index contributed by atoms with van der Waals surface area (Å²) in [7, 11) is -2.59. The van der Waals surface area contributed by atoms with Crippen LogP contribution in [0, 0.1) is 11.8 Å². The Morgan fingerprint density at radius 1 is 1.07 bits per heavy atom. The van der Waals surface area contributed by atoms with Gasteiger partial charge in [-0.25, -0.2) is 0 Å². The van der Waals surface area contributed by atoms with E-state index in [1.807, 2.05) is 38.1 Å². The topological polar surface area (TPSA) is 84.0 Å². The second kappa shape index (κ2) is 9.26. The highest BCUT2D eigenvalue weighted by molar-refractivity contribution is 7.87. The van der Waals surface area contributed by atoms with Gasteiger partial charge in [0.05, 0.1) is 5.92 Å². The summed E-state index contributed by atoms with van der Waals surface area (Å²) in [6.07, 6.45) is 1.37. The molecule has 1 heterocycles. The minimum Gasteiger partial charge on any atom is -0.443 e. The maximum atomic E-state index is 12.6. The van der Waals surface area contributed by atoms with Crippen molar-refractivity contribution in [3.63, 3.8) is 0 Å². The first-order valence-electron chi connectivity index (χ1n) is 10.00. The fourth-order valence-electron chi connectivity index (χ4n) is 3.37. The first kappa shape index (κ1) is 23.3. The molecule has 29 heavy (non-hydrogen) atoms. The maximum Gasteiger partial charge on any atom is 0.314 e. The zero-order valence-electron chi connectivity index (χ0n) is 18.1. The number of ether oxygens (including phenoxy) is 1. The molecular formula is C21H32N2O5S. The van der Waals surface area contributed by atoms with Crippen LogP contribution in [0.25, 0.3) is 0 Å². The van der Waals surface area contributed by atoms with Gasteiger partial charge in [-0.05, 0) is 42.7 Å². The standard InChI is InChI=1S/C21H32N2O5S/c1-14(2)11-17-7-9-18(10-8-17)16(5)21(25)28-13-23-20(24)19(12-15(3)4)22(6)29(23,26)27/h7-10,14-16,19H,11-13H2,1-6H3/t16?,19-/m0/s1. The molecule has 2 rings (SSSR count). The Morgan fingerprint density at radius 3 is 2.17 bits per heavy atom. The molecule has 1 aromatic rings. The number of rotatable bonds is 8. The third kappa shape index (κ3) is 5.36. The van der Waals surface area contributed by atoms with Gasteiger partial charge in [-0.15, -0.1) is 0 Å². The third-order valence-corrected chi connectivity index (χ3v) is 6.93. The van der Waals surface area contributed by atoms with Crippen molar-refractivity contribution < 1.29 is 22.7 Å². The van der Waals surface area contributed by atoms with Gasteiger partial charge in [-0.2, -0.15) is 17.0 Å². The van der Waals surface area contributed by atoms with Crippen LogP contribution in [0.4, 0.5) is 0 Å². The lowest BCUT2D eigenvalue weighted by Crippen LogP contribution is -2.36. The molecule has 0 N–H and O–H groups in total. The number of benzene rings is 1. The van der Waals surface area contributed by atoms with Crippen molar-refractivity contribution in [2.45, 2.75) is 59.4 Å². The van der Waals surface area contributed by atoms with Gasteiger partial charge < -0.3 is 4.74 Å². The molecule has 1 aliphatic heterocycles. The average Bonchev–Trinajstić information content (AvgIpc) is 2.79. The molecule has 162 valence electrons. The van der Waals surface area contributed by atoms with E-state index in [0.29, 0.717) is 16.6 Å². The molecule has 0 aliphatic carbocycles. The molecule has 1 fully saturated rings. The quantitative estimate of drug-likeness (QED) is 0.599. The van der Waals surface area contributed by atoms with Crippen molar-refractivity contribution in [3.8, 4) is 0 Å². The minimum atomic E-state index is -3.97. The van der Waals surface area contributed by atoms with E-state index in [1.165, 1.54) is 12.6 Å². The van der Waals surface area contributed by atoms with E-state index in [9.17, 15) is 18.0 Å². The molecule has 1 unspecified atom stereocenters. The fraction of sp³-hybridized carbons (Fsp3) is 0.619. The van der Waals surface area contributed by atoms with E-state index in [4.69, 9.17) is 4.74 Å². The van der Waals surface area contributed by atoms with Gasteiger partial charge in [-0.1, -0.05) is 52.0 Å². The lowest BCUT2D eigenvalue weighted by molar-refractivity contribution is -0.150. The van der Waals surface area contributed by atoms with Crippen LogP contribution in [0.3, 0.4) is 0 Å². The van der Waals surface area contributed by atoms with Gasteiger partial charge in [0.1, 0.15) is 6.04 Å². The summed E-state index contributed by atoms with van der Waals surface area (Å²) in [4.78, 5) is 25.0.